The van der Waals surface area contributed by atoms with Crippen molar-refractivity contribution < 1.29 is 13.9 Å². The normalized spacial score (nSPS) is 17.0. The van der Waals surface area contributed by atoms with Crippen LogP contribution in [-0.2, 0) is 21.0 Å². The molecule has 0 spiro atoms. The quantitative estimate of drug-likeness (QED) is 0.676. The minimum atomic E-state index is -0.683. The highest BCUT2D eigenvalue weighted by molar-refractivity contribution is 7.98. The number of thioether (sulfide) groups is 1. The molecule has 1 fully saturated rings. The molecule has 0 unspecified atom stereocenters. The molecule has 118 valence electrons. The van der Waals surface area contributed by atoms with Crippen molar-refractivity contribution in [3.8, 4) is 0 Å². The topological polar surface area (TPSA) is 18.5 Å². The van der Waals surface area contributed by atoms with Crippen LogP contribution in [0.2, 0.25) is 0 Å². The van der Waals surface area contributed by atoms with Gasteiger partial charge in [0.15, 0.2) is 5.79 Å². The first-order chi connectivity index (χ1) is 10.8. The molecule has 3 rings (SSSR count). The molecule has 0 atom stereocenters. The summed E-state index contributed by atoms with van der Waals surface area (Å²) < 4.78 is 24.8. The summed E-state index contributed by atoms with van der Waals surface area (Å²) in [6.07, 6.45) is 1.81. The zero-order valence-electron chi connectivity index (χ0n) is 12.3. The summed E-state index contributed by atoms with van der Waals surface area (Å²) in [7, 11) is 0. The molecule has 1 saturated heterocycles. The van der Waals surface area contributed by atoms with Crippen molar-refractivity contribution in [1.29, 1.82) is 0 Å². The van der Waals surface area contributed by atoms with Gasteiger partial charge in [-0.1, -0.05) is 18.2 Å². The number of rotatable bonds is 7. The average molecular weight is 338 g/mol. The van der Waals surface area contributed by atoms with Crippen LogP contribution in [0.4, 0.5) is 4.39 Å². The molecule has 1 aliphatic heterocycles. The Balaban J connectivity index is 1.52. The minimum absolute atomic E-state index is 0.233. The van der Waals surface area contributed by atoms with Gasteiger partial charge in [0.05, 0.1) is 13.2 Å². The van der Waals surface area contributed by atoms with E-state index >= 15 is 0 Å². The number of benzene rings is 1. The van der Waals surface area contributed by atoms with E-state index in [1.54, 1.807) is 23.5 Å². The third-order valence-corrected chi connectivity index (χ3v) is 5.81. The lowest BCUT2D eigenvalue weighted by Crippen LogP contribution is -2.27. The van der Waals surface area contributed by atoms with Crippen molar-refractivity contribution in [2.45, 2.75) is 24.4 Å². The van der Waals surface area contributed by atoms with Crippen LogP contribution in [0.1, 0.15) is 23.3 Å². The Kier molecular flexibility index (Phi) is 5.52. The SMILES string of the molecule is Fc1ccc(C2(CCCSCc3cccs3)OCCO2)cc1. The number of ether oxygens (including phenoxy) is 2. The van der Waals surface area contributed by atoms with E-state index in [-0.39, 0.29) is 5.82 Å². The van der Waals surface area contributed by atoms with Gasteiger partial charge >= 0.3 is 0 Å². The Hall–Kier alpha value is -0.880. The maximum atomic E-state index is 13.1. The Morgan fingerprint density at radius 1 is 1.14 bits per heavy atom. The summed E-state index contributed by atoms with van der Waals surface area (Å²) in [6.45, 7) is 1.19. The summed E-state index contributed by atoms with van der Waals surface area (Å²) in [5, 5.41) is 2.11. The smallest absolute Gasteiger partial charge is 0.195 e. The van der Waals surface area contributed by atoms with Crippen molar-refractivity contribution in [3.05, 3.63) is 58.0 Å². The zero-order valence-corrected chi connectivity index (χ0v) is 13.9. The van der Waals surface area contributed by atoms with E-state index in [0.29, 0.717) is 13.2 Å². The lowest BCUT2D eigenvalue weighted by molar-refractivity contribution is -0.170. The molecule has 5 heteroatoms. The number of halogens is 1. The van der Waals surface area contributed by atoms with Gasteiger partial charge < -0.3 is 9.47 Å². The van der Waals surface area contributed by atoms with Gasteiger partial charge in [0.1, 0.15) is 5.82 Å². The van der Waals surface area contributed by atoms with E-state index in [4.69, 9.17) is 9.47 Å². The second kappa shape index (κ2) is 7.59. The van der Waals surface area contributed by atoms with Gasteiger partial charge in [-0.25, -0.2) is 4.39 Å². The van der Waals surface area contributed by atoms with Gasteiger partial charge in [-0.3, -0.25) is 0 Å². The molecule has 0 radical (unpaired) electrons. The summed E-state index contributed by atoms with van der Waals surface area (Å²) >= 11 is 3.73. The van der Waals surface area contributed by atoms with Gasteiger partial charge in [0.2, 0.25) is 0 Å². The van der Waals surface area contributed by atoms with Crippen LogP contribution in [0.3, 0.4) is 0 Å². The molecule has 1 aromatic heterocycles. The highest BCUT2D eigenvalue weighted by atomic mass is 32.2. The van der Waals surface area contributed by atoms with Crippen LogP contribution in [0.15, 0.2) is 41.8 Å². The largest absolute Gasteiger partial charge is 0.343 e. The second-order valence-electron chi connectivity index (χ2n) is 5.19. The number of thiophene rings is 1. The minimum Gasteiger partial charge on any atom is -0.343 e. The Labute approximate surface area is 138 Å². The molecule has 1 aromatic carbocycles. The van der Waals surface area contributed by atoms with E-state index in [2.05, 4.69) is 17.5 Å². The molecule has 22 heavy (non-hydrogen) atoms. The number of hydrogen-bond acceptors (Lipinski definition) is 4. The molecule has 0 amide bonds. The first kappa shape index (κ1) is 16.0. The highest BCUT2D eigenvalue weighted by Gasteiger charge is 2.37. The van der Waals surface area contributed by atoms with Crippen LogP contribution in [-0.4, -0.2) is 19.0 Å². The van der Waals surface area contributed by atoms with Crippen LogP contribution < -0.4 is 0 Å². The first-order valence-electron chi connectivity index (χ1n) is 7.43. The highest BCUT2D eigenvalue weighted by Crippen LogP contribution is 2.36. The molecule has 0 N–H and O–H groups in total. The van der Waals surface area contributed by atoms with Gasteiger partial charge in [0, 0.05) is 22.6 Å². The fourth-order valence-corrected chi connectivity index (χ4v) is 4.39. The molecule has 2 heterocycles. The van der Waals surface area contributed by atoms with E-state index in [9.17, 15) is 4.39 Å². The molecule has 0 saturated carbocycles. The van der Waals surface area contributed by atoms with E-state index in [0.717, 1.165) is 29.9 Å². The van der Waals surface area contributed by atoms with Gasteiger partial charge in [-0.05, 0) is 35.8 Å². The van der Waals surface area contributed by atoms with Crippen molar-refractivity contribution in [2.24, 2.45) is 0 Å². The summed E-state index contributed by atoms with van der Waals surface area (Å²) in [4.78, 5) is 1.41. The Morgan fingerprint density at radius 2 is 1.91 bits per heavy atom. The van der Waals surface area contributed by atoms with Crippen LogP contribution in [0.5, 0.6) is 0 Å². The second-order valence-corrected chi connectivity index (χ2v) is 7.33. The first-order valence-corrected chi connectivity index (χ1v) is 9.46. The van der Waals surface area contributed by atoms with Crippen LogP contribution in [0, 0.1) is 5.82 Å². The van der Waals surface area contributed by atoms with E-state index in [1.165, 1.54) is 17.0 Å². The fraction of sp³-hybridized carbons (Fsp3) is 0.412. The maximum absolute atomic E-state index is 13.1. The predicted molar refractivity (Wildman–Crippen MR) is 89.7 cm³/mol. The molecular formula is C17H19FO2S2. The third-order valence-electron chi connectivity index (χ3n) is 3.66. The van der Waals surface area contributed by atoms with Crippen molar-refractivity contribution in [2.75, 3.05) is 19.0 Å². The lowest BCUT2D eigenvalue weighted by atomic mass is 10.0. The standard InChI is InChI=1S/C17H19FO2S2/c18-15-6-4-14(5-7-15)17(19-9-10-20-17)8-2-11-21-13-16-3-1-12-22-16/h1,3-7,12H,2,8-11,13H2. The van der Waals surface area contributed by atoms with E-state index in [1.807, 2.05) is 11.8 Å². The van der Waals surface area contributed by atoms with Gasteiger partial charge in [0.25, 0.3) is 0 Å². The molecule has 0 bridgehead atoms. The van der Waals surface area contributed by atoms with Crippen molar-refractivity contribution in [3.63, 3.8) is 0 Å². The van der Waals surface area contributed by atoms with E-state index < -0.39 is 5.79 Å². The molecule has 2 aromatic rings. The summed E-state index contributed by atoms with van der Waals surface area (Å²) in [6, 6.07) is 10.7. The fourth-order valence-electron chi connectivity index (χ4n) is 2.59. The average Bonchev–Trinajstić information content (AvgIpc) is 3.20. The Morgan fingerprint density at radius 3 is 2.59 bits per heavy atom. The molecule has 1 aliphatic rings. The van der Waals surface area contributed by atoms with Gasteiger partial charge in [-0.2, -0.15) is 11.8 Å². The monoisotopic (exact) mass is 338 g/mol. The van der Waals surface area contributed by atoms with Crippen LogP contribution >= 0.6 is 23.1 Å². The maximum Gasteiger partial charge on any atom is 0.195 e. The summed E-state index contributed by atoms with van der Waals surface area (Å²) in [5.41, 5.74) is 0.912. The molecule has 2 nitrogen and oxygen atoms in total. The molecular weight excluding hydrogens is 319 g/mol. The summed E-state index contributed by atoms with van der Waals surface area (Å²) in [5.74, 6) is 1.21. The number of hydrogen-bond donors (Lipinski definition) is 0. The Bertz CT molecular complexity index is 563. The molecule has 0 aliphatic carbocycles. The predicted octanol–water partition coefficient (Wildman–Crippen LogP) is 4.80. The zero-order chi connectivity index (χ0) is 15.3. The van der Waals surface area contributed by atoms with Crippen molar-refractivity contribution >= 4 is 23.1 Å². The lowest BCUT2D eigenvalue weighted by Gasteiger charge is -2.28. The third kappa shape index (κ3) is 3.90. The van der Waals surface area contributed by atoms with Crippen LogP contribution in [0.25, 0.3) is 0 Å². The van der Waals surface area contributed by atoms with Crippen molar-refractivity contribution in [1.82, 2.24) is 0 Å². The van der Waals surface area contributed by atoms with Gasteiger partial charge in [-0.15, -0.1) is 11.3 Å².